The molecule has 0 aromatic carbocycles. The first kappa shape index (κ1) is 36.1. The molecule has 8 heteroatoms. The van der Waals surface area contributed by atoms with E-state index in [2.05, 4.69) is 29.7 Å². The van der Waals surface area contributed by atoms with Gasteiger partial charge in [0.25, 0.3) is 0 Å². The molecule has 2 unspecified atom stereocenters. The van der Waals surface area contributed by atoms with Crippen molar-refractivity contribution in [1.82, 2.24) is 10.6 Å². The highest BCUT2D eigenvalue weighted by molar-refractivity contribution is 5.83. The maximum atomic E-state index is 12.6. The van der Waals surface area contributed by atoms with E-state index in [1.165, 1.54) is 44.9 Å². The Morgan fingerprint density at radius 3 is 2.08 bits per heavy atom. The van der Waals surface area contributed by atoms with Crippen LogP contribution in [0.5, 0.6) is 0 Å². The molecular formula is C32H58N2O6. The number of carboxylic acid groups (broad SMARTS) is 1. The average Bonchev–Trinajstić information content (AvgIpc) is 2.89. The lowest BCUT2D eigenvalue weighted by atomic mass is 9.85. The third-order valence-electron chi connectivity index (χ3n) is 7.52. The zero-order valence-electron chi connectivity index (χ0n) is 26.0. The van der Waals surface area contributed by atoms with Gasteiger partial charge in [0.1, 0.15) is 6.10 Å². The van der Waals surface area contributed by atoms with E-state index in [0.29, 0.717) is 26.0 Å². The number of aliphatic carboxylic acids is 1. The van der Waals surface area contributed by atoms with Gasteiger partial charge in [0.2, 0.25) is 11.8 Å². The molecule has 0 bridgehead atoms. The second-order valence-corrected chi connectivity index (χ2v) is 12.4. The maximum absolute atomic E-state index is 12.6. The molecule has 3 N–H and O–H groups in total. The summed E-state index contributed by atoms with van der Waals surface area (Å²) in [4.78, 5) is 36.5. The van der Waals surface area contributed by atoms with Crippen LogP contribution in [-0.2, 0) is 23.9 Å². The number of unbranched alkanes of at least 4 members (excludes halogenated alkanes) is 10. The number of carbonyl (C=O) groups excluding carboxylic acids is 2. The highest BCUT2D eigenvalue weighted by Crippen LogP contribution is 2.34. The molecule has 0 spiro atoms. The number of allylic oxidation sites excluding steroid dienone is 2. The number of carbonyl (C=O) groups is 3. The maximum Gasteiger partial charge on any atom is 0.306 e. The van der Waals surface area contributed by atoms with Crippen LogP contribution in [0.4, 0.5) is 0 Å². The zero-order valence-corrected chi connectivity index (χ0v) is 26.0. The van der Waals surface area contributed by atoms with E-state index in [0.717, 1.165) is 32.1 Å². The first-order valence-corrected chi connectivity index (χ1v) is 15.7. The fourth-order valence-corrected chi connectivity index (χ4v) is 4.86. The van der Waals surface area contributed by atoms with E-state index < -0.39 is 29.2 Å². The van der Waals surface area contributed by atoms with Crippen molar-refractivity contribution in [1.29, 1.82) is 0 Å². The largest absolute Gasteiger partial charge is 0.481 e. The third kappa shape index (κ3) is 16.4. The number of carboxylic acids is 1. The Balaban J connectivity index is 2.12. The second-order valence-electron chi connectivity index (χ2n) is 12.4. The van der Waals surface area contributed by atoms with Crippen LogP contribution < -0.4 is 10.6 Å². The molecule has 1 heterocycles. The summed E-state index contributed by atoms with van der Waals surface area (Å²) >= 11 is 0. The Morgan fingerprint density at radius 1 is 0.850 bits per heavy atom. The highest BCUT2D eigenvalue weighted by Gasteiger charge is 2.45. The van der Waals surface area contributed by atoms with Crippen LogP contribution in [0.2, 0.25) is 0 Å². The van der Waals surface area contributed by atoms with E-state index >= 15 is 0 Å². The predicted molar refractivity (Wildman–Crippen MR) is 160 cm³/mol. The number of nitrogens with one attached hydrogen (secondary N) is 2. The Kier molecular flexibility index (Phi) is 18.1. The highest BCUT2D eigenvalue weighted by atomic mass is 16.7. The number of hydrogen-bond acceptors (Lipinski definition) is 5. The molecule has 232 valence electrons. The lowest BCUT2D eigenvalue weighted by molar-refractivity contribution is -0.304. The molecule has 0 aliphatic carbocycles. The lowest BCUT2D eigenvalue weighted by Gasteiger charge is -2.44. The minimum absolute atomic E-state index is 0.129. The Bertz CT molecular complexity index is 765. The number of hydrogen-bond donors (Lipinski definition) is 3. The number of amides is 2. The molecule has 1 rings (SSSR count). The Morgan fingerprint density at radius 2 is 1.45 bits per heavy atom. The molecule has 1 saturated heterocycles. The molecule has 2 amide bonds. The van der Waals surface area contributed by atoms with Gasteiger partial charge in [-0.3, -0.25) is 14.4 Å². The first-order valence-electron chi connectivity index (χ1n) is 15.7. The molecule has 40 heavy (non-hydrogen) atoms. The van der Waals surface area contributed by atoms with E-state index in [-0.39, 0.29) is 24.8 Å². The van der Waals surface area contributed by atoms with Crippen LogP contribution in [0, 0.1) is 11.3 Å². The summed E-state index contributed by atoms with van der Waals surface area (Å²) in [7, 11) is 0. The van der Waals surface area contributed by atoms with Crippen molar-refractivity contribution in [2.75, 3.05) is 19.7 Å². The predicted octanol–water partition coefficient (Wildman–Crippen LogP) is 6.52. The van der Waals surface area contributed by atoms with Gasteiger partial charge in [0, 0.05) is 24.9 Å². The van der Waals surface area contributed by atoms with Gasteiger partial charge in [0.05, 0.1) is 12.5 Å². The molecule has 0 aromatic heterocycles. The average molecular weight is 567 g/mol. The molecule has 1 aliphatic heterocycles. The van der Waals surface area contributed by atoms with Crippen LogP contribution >= 0.6 is 0 Å². The Hall–Kier alpha value is -1.93. The van der Waals surface area contributed by atoms with Crippen LogP contribution in [0.1, 0.15) is 131 Å². The van der Waals surface area contributed by atoms with E-state index in [1.807, 2.05) is 13.8 Å². The van der Waals surface area contributed by atoms with Crippen molar-refractivity contribution in [2.45, 2.75) is 143 Å². The van der Waals surface area contributed by atoms with Gasteiger partial charge in [-0.2, -0.15) is 0 Å². The molecule has 2 atom stereocenters. The standard InChI is InChI=1S/C32H58N2O6/c1-6-7-8-9-10-11-12-13-14-15-16-17-18-19-20-26(30(37)38)21-23-33-27(35)22-24-34-29(36)28-31(2,3)25-39-32(4,5)40-28/h13-14,26,28H,6-12,15-25H2,1-5H3,(H,33,35)(H,34,36)(H,37,38). The van der Waals surface area contributed by atoms with Crippen molar-refractivity contribution in [3.63, 3.8) is 0 Å². The van der Waals surface area contributed by atoms with E-state index in [4.69, 9.17) is 9.47 Å². The molecule has 0 aromatic rings. The SMILES string of the molecule is CCCCCCCCC=CCCCCCCC(CCNC(=O)CCNC(=O)C1OC(C)(C)OCC1(C)C)C(=O)O. The normalized spacial score (nSPS) is 18.9. The van der Waals surface area contributed by atoms with Crippen LogP contribution in [0.15, 0.2) is 12.2 Å². The first-order chi connectivity index (χ1) is 19.0. The molecule has 1 aliphatic rings. The van der Waals surface area contributed by atoms with Crippen LogP contribution in [0.25, 0.3) is 0 Å². The van der Waals surface area contributed by atoms with Crippen molar-refractivity contribution in [3.05, 3.63) is 12.2 Å². The van der Waals surface area contributed by atoms with Gasteiger partial charge < -0.3 is 25.2 Å². The summed E-state index contributed by atoms with van der Waals surface area (Å²) in [5.41, 5.74) is -0.475. The fourth-order valence-electron chi connectivity index (χ4n) is 4.86. The van der Waals surface area contributed by atoms with Gasteiger partial charge in [-0.05, 0) is 52.4 Å². The molecular weight excluding hydrogens is 508 g/mol. The van der Waals surface area contributed by atoms with Gasteiger partial charge in [-0.1, -0.05) is 84.3 Å². The fraction of sp³-hybridized carbons (Fsp3) is 0.844. The molecule has 1 fully saturated rings. The summed E-state index contributed by atoms with van der Waals surface area (Å²) in [6, 6.07) is 0. The van der Waals surface area contributed by atoms with Crippen molar-refractivity contribution in [2.24, 2.45) is 11.3 Å². The number of rotatable bonds is 22. The summed E-state index contributed by atoms with van der Waals surface area (Å²) in [5.74, 6) is -2.56. The summed E-state index contributed by atoms with van der Waals surface area (Å²) in [6.45, 7) is 10.5. The minimum atomic E-state index is -0.834. The molecule has 8 nitrogen and oxygen atoms in total. The third-order valence-corrected chi connectivity index (χ3v) is 7.52. The smallest absolute Gasteiger partial charge is 0.306 e. The number of ether oxygens (including phenoxy) is 2. The molecule has 0 radical (unpaired) electrons. The second kappa shape index (κ2) is 20.0. The van der Waals surface area contributed by atoms with Crippen molar-refractivity contribution in [3.8, 4) is 0 Å². The lowest BCUT2D eigenvalue weighted by Crippen LogP contribution is -2.56. The Labute approximate surface area is 243 Å². The molecule has 0 saturated carbocycles. The van der Waals surface area contributed by atoms with Gasteiger partial charge in [0.15, 0.2) is 5.79 Å². The van der Waals surface area contributed by atoms with Gasteiger partial charge >= 0.3 is 5.97 Å². The summed E-state index contributed by atoms with van der Waals surface area (Å²) in [6.07, 6.45) is 19.6. The van der Waals surface area contributed by atoms with Gasteiger partial charge in [-0.25, -0.2) is 0 Å². The van der Waals surface area contributed by atoms with Gasteiger partial charge in [-0.15, -0.1) is 0 Å². The monoisotopic (exact) mass is 566 g/mol. The quantitative estimate of drug-likeness (QED) is 0.101. The van der Waals surface area contributed by atoms with Crippen molar-refractivity contribution < 1.29 is 29.0 Å². The van der Waals surface area contributed by atoms with E-state index in [1.54, 1.807) is 13.8 Å². The topological polar surface area (TPSA) is 114 Å². The van der Waals surface area contributed by atoms with Crippen LogP contribution in [-0.4, -0.2) is 54.5 Å². The summed E-state index contributed by atoms with van der Waals surface area (Å²) < 4.78 is 11.5. The van der Waals surface area contributed by atoms with Crippen LogP contribution in [0.3, 0.4) is 0 Å². The van der Waals surface area contributed by atoms with E-state index in [9.17, 15) is 19.5 Å². The zero-order chi connectivity index (χ0) is 29.9. The van der Waals surface area contributed by atoms with Crippen molar-refractivity contribution >= 4 is 17.8 Å². The minimum Gasteiger partial charge on any atom is -0.481 e. The summed E-state index contributed by atoms with van der Waals surface area (Å²) in [5, 5.41) is 15.1.